The number of carbonyl (C=O) groups excluding carboxylic acids is 1. The number of anilines is 2. The van der Waals surface area contributed by atoms with Crippen molar-refractivity contribution < 1.29 is 9.53 Å². The van der Waals surface area contributed by atoms with E-state index >= 15 is 0 Å². The van der Waals surface area contributed by atoms with Crippen LogP contribution in [0.15, 0.2) is 66.1 Å². The molecule has 2 aromatic carbocycles. The highest BCUT2D eigenvalue weighted by atomic mass is 16.5. The number of para-hydroxylation sites is 1. The molecule has 1 aromatic heterocycles. The fourth-order valence-corrected chi connectivity index (χ4v) is 3.68. The Hall–Kier alpha value is -3.61. The maximum atomic E-state index is 13.4. The number of hydrogen-bond acceptors (Lipinski definition) is 5. The molecule has 1 aliphatic heterocycles. The summed E-state index contributed by atoms with van der Waals surface area (Å²) in [7, 11) is 0. The van der Waals surface area contributed by atoms with Gasteiger partial charge in [0.2, 0.25) is 5.95 Å². The van der Waals surface area contributed by atoms with E-state index in [1.165, 1.54) is 6.33 Å². The minimum Gasteiger partial charge on any atom is -0.494 e. The van der Waals surface area contributed by atoms with Gasteiger partial charge in [0.15, 0.2) is 0 Å². The van der Waals surface area contributed by atoms with Crippen LogP contribution in [0.3, 0.4) is 0 Å². The number of aromatic nitrogens is 3. The molecule has 0 saturated heterocycles. The van der Waals surface area contributed by atoms with E-state index < -0.39 is 6.04 Å². The van der Waals surface area contributed by atoms with Crippen molar-refractivity contribution in [2.45, 2.75) is 39.7 Å². The molecule has 0 radical (unpaired) electrons. The number of allylic oxidation sites excluding steroid dienone is 1. The van der Waals surface area contributed by atoms with Crippen molar-refractivity contribution in [1.29, 1.82) is 0 Å². The quantitative estimate of drug-likeness (QED) is 0.545. The summed E-state index contributed by atoms with van der Waals surface area (Å²) in [6.07, 6.45) is 3.60. The number of nitrogens with one attached hydrogen (secondary N) is 2. The predicted molar refractivity (Wildman–Crippen MR) is 121 cm³/mol. The zero-order chi connectivity index (χ0) is 21.8. The number of fused-ring (bicyclic) bond motifs is 1. The monoisotopic (exact) mass is 417 g/mol. The van der Waals surface area contributed by atoms with E-state index in [4.69, 9.17) is 4.74 Å². The standard InChI is InChI=1S/C24H27N5O2/c1-4-5-14-31-19-12-10-18(11-13-19)22-21(17(3)27-24-25-15-26-29(22)24)23(30)28-20-9-7-6-8-16(20)2/h6-13,15,22H,4-5,14H2,1-3H3,(H,28,30)(H,25,26,27). The first kappa shape index (κ1) is 20.7. The fourth-order valence-electron chi connectivity index (χ4n) is 3.68. The summed E-state index contributed by atoms with van der Waals surface area (Å²) in [4.78, 5) is 17.7. The van der Waals surface area contributed by atoms with Gasteiger partial charge in [-0.1, -0.05) is 43.7 Å². The molecule has 3 aromatic rings. The SMILES string of the molecule is CCCCOc1ccc(C2C(C(=O)Nc3ccccc3C)=C(C)Nc3ncnn32)cc1. The molecule has 1 amide bonds. The van der Waals surface area contributed by atoms with Gasteiger partial charge in [0, 0.05) is 11.4 Å². The van der Waals surface area contributed by atoms with E-state index in [1.807, 2.05) is 62.4 Å². The van der Waals surface area contributed by atoms with E-state index in [0.29, 0.717) is 18.1 Å². The summed E-state index contributed by atoms with van der Waals surface area (Å²) in [6.45, 7) is 6.69. The maximum Gasteiger partial charge on any atom is 0.255 e. The Morgan fingerprint density at radius 2 is 1.94 bits per heavy atom. The second kappa shape index (κ2) is 9.04. The Kier molecular flexibility index (Phi) is 6.02. The van der Waals surface area contributed by atoms with Crippen molar-refractivity contribution in [3.63, 3.8) is 0 Å². The van der Waals surface area contributed by atoms with Crippen molar-refractivity contribution in [1.82, 2.24) is 14.8 Å². The van der Waals surface area contributed by atoms with Crippen molar-refractivity contribution in [3.8, 4) is 5.75 Å². The molecule has 7 heteroatoms. The van der Waals surface area contributed by atoms with Crippen LogP contribution in [0.1, 0.15) is 43.9 Å². The maximum absolute atomic E-state index is 13.4. The first-order chi connectivity index (χ1) is 15.1. The lowest BCUT2D eigenvalue weighted by molar-refractivity contribution is -0.113. The van der Waals surface area contributed by atoms with Crippen LogP contribution in [0, 0.1) is 6.92 Å². The lowest BCUT2D eigenvalue weighted by Crippen LogP contribution is -2.31. The van der Waals surface area contributed by atoms with Crippen LogP contribution in [0.4, 0.5) is 11.6 Å². The molecular weight excluding hydrogens is 390 g/mol. The number of ether oxygens (including phenoxy) is 1. The highest BCUT2D eigenvalue weighted by Gasteiger charge is 2.33. The van der Waals surface area contributed by atoms with Crippen LogP contribution < -0.4 is 15.4 Å². The van der Waals surface area contributed by atoms with Gasteiger partial charge >= 0.3 is 0 Å². The molecular formula is C24H27N5O2. The lowest BCUT2D eigenvalue weighted by Gasteiger charge is -2.29. The van der Waals surface area contributed by atoms with E-state index in [1.54, 1.807) is 4.68 Å². The molecule has 7 nitrogen and oxygen atoms in total. The average Bonchev–Trinajstić information content (AvgIpc) is 3.23. The van der Waals surface area contributed by atoms with Crippen molar-refractivity contribution >= 4 is 17.5 Å². The third-order valence-corrected chi connectivity index (χ3v) is 5.39. The summed E-state index contributed by atoms with van der Waals surface area (Å²) >= 11 is 0. The fraction of sp³-hybridized carbons (Fsp3) is 0.292. The van der Waals surface area contributed by atoms with E-state index in [-0.39, 0.29) is 5.91 Å². The minimum absolute atomic E-state index is 0.172. The van der Waals surface area contributed by atoms with Gasteiger partial charge in [-0.3, -0.25) is 4.79 Å². The number of carbonyl (C=O) groups is 1. The highest BCUT2D eigenvalue weighted by molar-refractivity contribution is 6.06. The first-order valence-corrected chi connectivity index (χ1v) is 10.6. The van der Waals surface area contributed by atoms with Crippen LogP contribution in [-0.4, -0.2) is 27.3 Å². The molecule has 4 rings (SSSR count). The number of rotatable bonds is 7. The summed E-state index contributed by atoms with van der Waals surface area (Å²) in [5, 5.41) is 10.6. The van der Waals surface area contributed by atoms with E-state index in [2.05, 4.69) is 27.6 Å². The molecule has 0 fully saturated rings. The molecule has 1 atom stereocenters. The molecule has 0 bridgehead atoms. The number of nitrogens with zero attached hydrogens (tertiary/aromatic N) is 3. The topological polar surface area (TPSA) is 81.1 Å². The van der Waals surface area contributed by atoms with Crippen LogP contribution in [-0.2, 0) is 4.79 Å². The predicted octanol–water partition coefficient (Wildman–Crippen LogP) is 4.69. The summed E-state index contributed by atoms with van der Waals surface area (Å²) < 4.78 is 7.54. The Balaban J connectivity index is 1.66. The van der Waals surface area contributed by atoms with Gasteiger partial charge in [-0.2, -0.15) is 10.1 Å². The van der Waals surface area contributed by atoms with Gasteiger partial charge in [0.25, 0.3) is 5.91 Å². The van der Waals surface area contributed by atoms with Gasteiger partial charge < -0.3 is 15.4 Å². The van der Waals surface area contributed by atoms with Gasteiger partial charge in [-0.05, 0) is 49.6 Å². The first-order valence-electron chi connectivity index (χ1n) is 10.6. The van der Waals surface area contributed by atoms with Gasteiger partial charge in [-0.15, -0.1) is 0 Å². The third-order valence-electron chi connectivity index (χ3n) is 5.39. The van der Waals surface area contributed by atoms with Crippen molar-refractivity contribution in [3.05, 3.63) is 77.3 Å². The zero-order valence-corrected chi connectivity index (χ0v) is 18.1. The summed E-state index contributed by atoms with van der Waals surface area (Å²) in [5.74, 6) is 1.25. The molecule has 160 valence electrons. The number of unbranched alkanes of at least 4 members (excludes halogenated alkanes) is 1. The summed E-state index contributed by atoms with van der Waals surface area (Å²) in [5.41, 5.74) is 4.08. The van der Waals surface area contributed by atoms with Crippen LogP contribution in [0.2, 0.25) is 0 Å². The van der Waals surface area contributed by atoms with Crippen LogP contribution >= 0.6 is 0 Å². The van der Waals surface area contributed by atoms with Crippen molar-refractivity contribution in [2.24, 2.45) is 0 Å². The third kappa shape index (κ3) is 4.30. The number of hydrogen-bond donors (Lipinski definition) is 2. The van der Waals surface area contributed by atoms with E-state index in [0.717, 1.165) is 41.1 Å². The Morgan fingerprint density at radius 3 is 2.68 bits per heavy atom. The summed E-state index contributed by atoms with van der Waals surface area (Å²) in [6, 6.07) is 15.2. The van der Waals surface area contributed by atoms with Crippen LogP contribution in [0.25, 0.3) is 0 Å². The molecule has 0 aliphatic carbocycles. The molecule has 31 heavy (non-hydrogen) atoms. The van der Waals surface area contributed by atoms with Crippen molar-refractivity contribution in [2.75, 3.05) is 17.2 Å². The Bertz CT molecular complexity index is 1100. The second-order valence-electron chi connectivity index (χ2n) is 7.63. The smallest absolute Gasteiger partial charge is 0.255 e. The average molecular weight is 418 g/mol. The number of benzene rings is 2. The largest absolute Gasteiger partial charge is 0.494 e. The lowest BCUT2D eigenvalue weighted by atomic mass is 9.95. The normalized spacial score (nSPS) is 15.3. The molecule has 1 unspecified atom stereocenters. The van der Waals surface area contributed by atoms with E-state index in [9.17, 15) is 4.79 Å². The second-order valence-corrected chi connectivity index (χ2v) is 7.63. The van der Waals surface area contributed by atoms with Gasteiger partial charge in [0.1, 0.15) is 18.1 Å². The van der Waals surface area contributed by atoms with Gasteiger partial charge in [-0.25, -0.2) is 4.68 Å². The van der Waals surface area contributed by atoms with Gasteiger partial charge in [0.05, 0.1) is 12.2 Å². The molecule has 2 heterocycles. The highest BCUT2D eigenvalue weighted by Crippen LogP contribution is 2.36. The van der Waals surface area contributed by atoms with Crippen LogP contribution in [0.5, 0.6) is 5.75 Å². The molecule has 1 aliphatic rings. The number of aryl methyl sites for hydroxylation is 1. The minimum atomic E-state index is -0.396. The number of amides is 1. The Labute approximate surface area is 182 Å². The molecule has 0 saturated carbocycles. The molecule has 0 spiro atoms. The Morgan fingerprint density at radius 1 is 1.16 bits per heavy atom. The molecule has 2 N–H and O–H groups in total. The zero-order valence-electron chi connectivity index (χ0n) is 18.1.